The lowest BCUT2D eigenvalue weighted by Gasteiger charge is -2.22. The maximum atomic E-state index is 12.7. The van der Waals surface area contributed by atoms with Crippen LogP contribution in [0, 0.1) is 12.8 Å². The van der Waals surface area contributed by atoms with Gasteiger partial charge in [-0.1, -0.05) is 25.3 Å². The Morgan fingerprint density at radius 3 is 2.78 bits per heavy atom. The molecule has 2 N–H and O–H groups in total. The van der Waals surface area contributed by atoms with E-state index in [1.165, 1.54) is 32.1 Å². The molecule has 27 heavy (non-hydrogen) atoms. The van der Waals surface area contributed by atoms with Gasteiger partial charge >= 0.3 is 0 Å². The molecular formula is C21H30N4O2. The number of nitrogens with one attached hydrogen (secondary N) is 2. The van der Waals surface area contributed by atoms with Crippen molar-refractivity contribution in [3.63, 3.8) is 0 Å². The molecule has 0 aliphatic heterocycles. The minimum absolute atomic E-state index is 0.118. The van der Waals surface area contributed by atoms with Gasteiger partial charge in [-0.3, -0.25) is 9.48 Å². The number of carbonyl (C=O) groups excluding carboxylic acids is 1. The van der Waals surface area contributed by atoms with E-state index in [-0.39, 0.29) is 5.91 Å². The van der Waals surface area contributed by atoms with E-state index in [4.69, 9.17) is 4.74 Å². The molecule has 0 saturated heterocycles. The Kier molecular flexibility index (Phi) is 6.50. The summed E-state index contributed by atoms with van der Waals surface area (Å²) in [5.74, 6) is 1.38. The number of anilines is 1. The lowest BCUT2D eigenvalue weighted by Crippen LogP contribution is -2.30. The Morgan fingerprint density at radius 1 is 1.33 bits per heavy atom. The van der Waals surface area contributed by atoms with Gasteiger partial charge in [-0.25, -0.2) is 0 Å². The van der Waals surface area contributed by atoms with Gasteiger partial charge in [0.25, 0.3) is 0 Å². The Hall–Kier alpha value is -2.34. The van der Waals surface area contributed by atoms with Crippen LogP contribution in [0.2, 0.25) is 0 Å². The van der Waals surface area contributed by atoms with E-state index in [0.29, 0.717) is 5.92 Å². The standard InChI is InChI=1S/C21H30N4O2/c1-15-9-10-18(11-19(15)27-14-16-7-5-4-6-8-16)24-21(26)20(22-2)17-12-23-25(3)13-17/h9-13,16,20,22H,4-8,14H2,1-3H3,(H,24,26). The maximum Gasteiger partial charge on any atom is 0.246 e. The zero-order valence-electron chi connectivity index (χ0n) is 16.5. The molecule has 1 aliphatic rings. The van der Waals surface area contributed by atoms with Crippen molar-refractivity contribution >= 4 is 11.6 Å². The zero-order chi connectivity index (χ0) is 19.2. The predicted octanol–water partition coefficient (Wildman–Crippen LogP) is 3.59. The number of nitrogens with zero attached hydrogens (tertiary/aromatic N) is 2. The highest BCUT2D eigenvalue weighted by Crippen LogP contribution is 2.28. The molecule has 0 radical (unpaired) electrons. The van der Waals surface area contributed by atoms with Gasteiger partial charge < -0.3 is 15.4 Å². The highest BCUT2D eigenvalue weighted by molar-refractivity contribution is 5.95. The third-order valence-electron chi connectivity index (χ3n) is 5.26. The van der Waals surface area contributed by atoms with Crippen molar-refractivity contribution in [2.24, 2.45) is 13.0 Å². The summed E-state index contributed by atoms with van der Waals surface area (Å²) in [6.45, 7) is 2.79. The number of rotatable bonds is 7. The van der Waals surface area contributed by atoms with Crippen molar-refractivity contribution in [1.82, 2.24) is 15.1 Å². The summed E-state index contributed by atoms with van der Waals surface area (Å²) >= 11 is 0. The summed E-state index contributed by atoms with van der Waals surface area (Å²) < 4.78 is 7.78. The molecule has 2 aromatic rings. The van der Waals surface area contributed by atoms with Crippen molar-refractivity contribution in [2.45, 2.75) is 45.1 Å². The number of hydrogen-bond donors (Lipinski definition) is 2. The fourth-order valence-electron chi connectivity index (χ4n) is 3.65. The summed E-state index contributed by atoms with van der Waals surface area (Å²) in [6.07, 6.45) is 10.0. The molecular weight excluding hydrogens is 340 g/mol. The SMILES string of the molecule is CNC(C(=O)Nc1ccc(C)c(OCC2CCCCC2)c1)c1cnn(C)c1. The summed E-state index contributed by atoms with van der Waals surface area (Å²) in [5.41, 5.74) is 2.66. The van der Waals surface area contributed by atoms with Gasteiger partial charge in [0.1, 0.15) is 11.8 Å². The van der Waals surface area contributed by atoms with E-state index in [1.54, 1.807) is 17.9 Å². The number of aromatic nitrogens is 2. The smallest absolute Gasteiger partial charge is 0.246 e. The Labute approximate surface area is 161 Å². The molecule has 1 atom stereocenters. The molecule has 1 aromatic carbocycles. The molecule has 3 rings (SSSR count). The van der Waals surface area contributed by atoms with Gasteiger partial charge in [0.05, 0.1) is 12.8 Å². The van der Waals surface area contributed by atoms with Crippen LogP contribution in [0.1, 0.15) is 49.3 Å². The fourth-order valence-corrected chi connectivity index (χ4v) is 3.65. The summed E-state index contributed by atoms with van der Waals surface area (Å²) in [5, 5.41) is 10.2. The molecule has 1 aliphatic carbocycles. The average Bonchev–Trinajstić information content (AvgIpc) is 3.09. The number of aryl methyl sites for hydroxylation is 2. The van der Waals surface area contributed by atoms with E-state index >= 15 is 0 Å². The van der Waals surface area contributed by atoms with E-state index in [9.17, 15) is 4.79 Å². The molecule has 1 unspecified atom stereocenters. The lowest BCUT2D eigenvalue weighted by molar-refractivity contribution is -0.118. The fraction of sp³-hybridized carbons (Fsp3) is 0.524. The molecule has 6 heteroatoms. The van der Waals surface area contributed by atoms with Gasteiger partial charge in [-0.15, -0.1) is 0 Å². The van der Waals surface area contributed by atoms with Crippen LogP contribution in [-0.2, 0) is 11.8 Å². The third kappa shape index (κ3) is 5.10. The first-order chi connectivity index (χ1) is 13.1. The first kappa shape index (κ1) is 19.4. The molecule has 1 fully saturated rings. The van der Waals surface area contributed by atoms with Crippen LogP contribution >= 0.6 is 0 Å². The molecule has 0 spiro atoms. The molecule has 1 saturated carbocycles. The van der Waals surface area contributed by atoms with Crippen molar-refractivity contribution in [3.8, 4) is 5.75 Å². The second-order valence-electron chi connectivity index (χ2n) is 7.45. The minimum Gasteiger partial charge on any atom is -0.493 e. The quantitative estimate of drug-likeness (QED) is 0.782. The molecule has 1 aromatic heterocycles. The van der Waals surface area contributed by atoms with Crippen LogP contribution in [0.5, 0.6) is 5.75 Å². The monoisotopic (exact) mass is 370 g/mol. The Morgan fingerprint density at radius 2 is 2.11 bits per heavy atom. The topological polar surface area (TPSA) is 68.2 Å². The third-order valence-corrected chi connectivity index (χ3v) is 5.26. The van der Waals surface area contributed by atoms with Gasteiger partial charge in [-0.2, -0.15) is 5.10 Å². The van der Waals surface area contributed by atoms with E-state index in [2.05, 4.69) is 15.7 Å². The number of benzene rings is 1. The normalized spacial score (nSPS) is 16.1. The van der Waals surface area contributed by atoms with Crippen LogP contribution in [-0.4, -0.2) is 29.3 Å². The highest BCUT2D eigenvalue weighted by atomic mass is 16.5. The highest BCUT2D eigenvalue weighted by Gasteiger charge is 2.21. The molecule has 6 nitrogen and oxygen atoms in total. The average molecular weight is 370 g/mol. The van der Waals surface area contributed by atoms with Gasteiger partial charge in [0, 0.05) is 30.6 Å². The Balaban J connectivity index is 1.64. The second kappa shape index (κ2) is 9.04. The van der Waals surface area contributed by atoms with Crippen LogP contribution in [0.4, 0.5) is 5.69 Å². The predicted molar refractivity (Wildman–Crippen MR) is 107 cm³/mol. The molecule has 0 bridgehead atoms. The lowest BCUT2D eigenvalue weighted by atomic mass is 9.90. The number of likely N-dealkylation sites (N-methyl/N-ethyl adjacent to an activating group) is 1. The number of amides is 1. The van der Waals surface area contributed by atoms with Gasteiger partial charge in [0.2, 0.25) is 5.91 Å². The summed E-state index contributed by atoms with van der Waals surface area (Å²) in [4.78, 5) is 12.7. The second-order valence-corrected chi connectivity index (χ2v) is 7.45. The van der Waals surface area contributed by atoms with E-state index in [0.717, 1.165) is 29.2 Å². The Bertz CT molecular complexity index is 765. The summed E-state index contributed by atoms with van der Waals surface area (Å²) in [7, 11) is 3.61. The van der Waals surface area contributed by atoms with Gasteiger partial charge in [0.15, 0.2) is 0 Å². The largest absolute Gasteiger partial charge is 0.493 e. The first-order valence-electron chi connectivity index (χ1n) is 9.77. The van der Waals surface area contributed by atoms with Crippen molar-refractivity contribution in [2.75, 3.05) is 19.0 Å². The van der Waals surface area contributed by atoms with Crippen LogP contribution in [0.25, 0.3) is 0 Å². The van der Waals surface area contributed by atoms with Gasteiger partial charge in [-0.05, 0) is 44.4 Å². The number of carbonyl (C=O) groups is 1. The van der Waals surface area contributed by atoms with Crippen molar-refractivity contribution in [1.29, 1.82) is 0 Å². The maximum absolute atomic E-state index is 12.7. The number of hydrogen-bond acceptors (Lipinski definition) is 4. The zero-order valence-corrected chi connectivity index (χ0v) is 16.5. The first-order valence-corrected chi connectivity index (χ1v) is 9.77. The van der Waals surface area contributed by atoms with E-state index < -0.39 is 6.04 Å². The van der Waals surface area contributed by atoms with Crippen LogP contribution in [0.15, 0.2) is 30.6 Å². The number of ether oxygens (including phenoxy) is 1. The van der Waals surface area contributed by atoms with Crippen LogP contribution < -0.4 is 15.4 Å². The van der Waals surface area contributed by atoms with Crippen molar-refractivity contribution < 1.29 is 9.53 Å². The van der Waals surface area contributed by atoms with Crippen LogP contribution in [0.3, 0.4) is 0 Å². The van der Waals surface area contributed by atoms with E-state index in [1.807, 2.05) is 38.4 Å². The minimum atomic E-state index is -0.452. The molecule has 1 heterocycles. The summed E-state index contributed by atoms with van der Waals surface area (Å²) in [6, 6.07) is 5.37. The molecule has 1 amide bonds. The molecule has 146 valence electrons. The van der Waals surface area contributed by atoms with Crippen molar-refractivity contribution in [3.05, 3.63) is 41.7 Å².